The molecule has 0 aliphatic heterocycles. The van der Waals surface area contributed by atoms with E-state index in [9.17, 15) is 0 Å². The van der Waals surface area contributed by atoms with Crippen molar-refractivity contribution in [1.82, 2.24) is 0 Å². The molecule has 0 aromatic heterocycles. The molecule has 0 atom stereocenters. The number of benzene rings is 1. The number of nitrogens with two attached hydrogens (primary N) is 1. The monoisotopic (exact) mass is 235 g/mol. The number of methoxy groups -OCH3 is 2. The minimum Gasteiger partial charge on any atom is -0.496 e. The average Bonchev–Trinajstić information content (AvgIpc) is 2.30. The third-order valence-corrected chi connectivity index (χ3v) is 4.05. The van der Waals surface area contributed by atoms with Crippen molar-refractivity contribution in [2.75, 3.05) is 20.8 Å². The fourth-order valence-electron chi connectivity index (χ4n) is 2.88. The predicted octanol–water partition coefficient (Wildman–Crippen LogP) is 2.39. The van der Waals surface area contributed by atoms with Gasteiger partial charge >= 0.3 is 0 Å². The molecule has 1 saturated carbocycles. The highest BCUT2D eigenvalue weighted by molar-refractivity contribution is 5.53. The molecule has 94 valence electrons. The van der Waals surface area contributed by atoms with Crippen LogP contribution in [0.15, 0.2) is 12.1 Å². The van der Waals surface area contributed by atoms with Crippen molar-refractivity contribution in [1.29, 1.82) is 0 Å². The van der Waals surface area contributed by atoms with Gasteiger partial charge in [-0.25, -0.2) is 0 Å². The Balaban J connectivity index is 2.56. The molecule has 0 saturated heterocycles. The molecule has 3 heteroatoms. The van der Waals surface area contributed by atoms with Crippen molar-refractivity contribution >= 4 is 0 Å². The molecule has 2 N–H and O–H groups in total. The van der Waals surface area contributed by atoms with Crippen molar-refractivity contribution in [3.8, 4) is 11.5 Å². The quantitative estimate of drug-likeness (QED) is 0.871. The van der Waals surface area contributed by atoms with Gasteiger partial charge in [0, 0.05) is 17.5 Å². The van der Waals surface area contributed by atoms with Crippen LogP contribution in [-0.2, 0) is 5.41 Å². The predicted molar refractivity (Wildman–Crippen MR) is 68.9 cm³/mol. The summed E-state index contributed by atoms with van der Waals surface area (Å²) in [7, 11) is 3.42. The molecule has 0 radical (unpaired) electrons. The summed E-state index contributed by atoms with van der Waals surface area (Å²) < 4.78 is 10.9. The van der Waals surface area contributed by atoms with E-state index in [0.717, 1.165) is 29.9 Å². The minimum atomic E-state index is 0.101. The topological polar surface area (TPSA) is 44.5 Å². The summed E-state index contributed by atoms with van der Waals surface area (Å²) in [5, 5.41) is 0. The van der Waals surface area contributed by atoms with E-state index < -0.39 is 0 Å². The standard InChI is InChI=1S/C14H21NO2/c1-10-11(16-2)5-6-12(17-3)13(10)14(9-15)7-4-8-14/h5-6H,4,7-9,15H2,1-3H3. The molecule has 0 amide bonds. The van der Waals surface area contributed by atoms with E-state index in [1.807, 2.05) is 12.1 Å². The van der Waals surface area contributed by atoms with Gasteiger partial charge in [0.1, 0.15) is 11.5 Å². The van der Waals surface area contributed by atoms with Crippen molar-refractivity contribution in [2.24, 2.45) is 5.73 Å². The Morgan fingerprint density at radius 2 is 1.76 bits per heavy atom. The molecule has 1 aromatic carbocycles. The molecule has 17 heavy (non-hydrogen) atoms. The second-order valence-electron chi connectivity index (χ2n) is 4.81. The Kier molecular flexibility index (Phi) is 3.29. The van der Waals surface area contributed by atoms with Gasteiger partial charge in [-0.15, -0.1) is 0 Å². The molecule has 0 unspecified atom stereocenters. The van der Waals surface area contributed by atoms with E-state index in [1.165, 1.54) is 12.0 Å². The highest BCUT2D eigenvalue weighted by Gasteiger charge is 2.41. The molecule has 1 fully saturated rings. The summed E-state index contributed by atoms with van der Waals surface area (Å²) in [5.41, 5.74) is 8.50. The lowest BCUT2D eigenvalue weighted by Gasteiger charge is -2.43. The first-order valence-corrected chi connectivity index (χ1v) is 6.10. The molecule has 3 nitrogen and oxygen atoms in total. The first-order valence-electron chi connectivity index (χ1n) is 6.10. The van der Waals surface area contributed by atoms with Gasteiger partial charge in [-0.1, -0.05) is 6.42 Å². The van der Waals surface area contributed by atoms with Crippen molar-refractivity contribution in [3.05, 3.63) is 23.3 Å². The summed E-state index contributed by atoms with van der Waals surface area (Å²) in [6.45, 7) is 2.77. The largest absolute Gasteiger partial charge is 0.496 e. The van der Waals surface area contributed by atoms with Crippen LogP contribution in [0.4, 0.5) is 0 Å². The fraction of sp³-hybridized carbons (Fsp3) is 0.571. The lowest BCUT2D eigenvalue weighted by Crippen LogP contribution is -2.42. The Morgan fingerprint density at radius 1 is 1.18 bits per heavy atom. The van der Waals surface area contributed by atoms with E-state index in [2.05, 4.69) is 6.92 Å². The van der Waals surface area contributed by atoms with Gasteiger partial charge in [0.2, 0.25) is 0 Å². The first kappa shape index (κ1) is 12.2. The highest BCUT2D eigenvalue weighted by atomic mass is 16.5. The van der Waals surface area contributed by atoms with Crippen LogP contribution in [0, 0.1) is 6.92 Å². The molecule has 2 rings (SSSR count). The van der Waals surface area contributed by atoms with Crippen LogP contribution >= 0.6 is 0 Å². The van der Waals surface area contributed by atoms with Gasteiger partial charge in [-0.05, 0) is 37.5 Å². The van der Waals surface area contributed by atoms with Crippen LogP contribution in [0.5, 0.6) is 11.5 Å². The zero-order chi connectivity index (χ0) is 12.5. The summed E-state index contributed by atoms with van der Waals surface area (Å²) in [5.74, 6) is 1.86. The van der Waals surface area contributed by atoms with Gasteiger partial charge in [0.05, 0.1) is 14.2 Å². The second-order valence-corrected chi connectivity index (χ2v) is 4.81. The SMILES string of the molecule is COc1ccc(OC)c(C2(CN)CCC2)c1C. The number of rotatable bonds is 4. The maximum atomic E-state index is 5.99. The smallest absolute Gasteiger partial charge is 0.123 e. The average molecular weight is 235 g/mol. The van der Waals surface area contributed by atoms with E-state index in [1.54, 1.807) is 14.2 Å². The van der Waals surface area contributed by atoms with Gasteiger partial charge < -0.3 is 15.2 Å². The van der Waals surface area contributed by atoms with Crippen LogP contribution < -0.4 is 15.2 Å². The normalized spacial score (nSPS) is 17.4. The lowest BCUT2D eigenvalue weighted by atomic mass is 9.63. The maximum absolute atomic E-state index is 5.99. The van der Waals surface area contributed by atoms with Crippen LogP contribution in [0.25, 0.3) is 0 Å². The summed E-state index contributed by atoms with van der Waals surface area (Å²) in [4.78, 5) is 0. The van der Waals surface area contributed by atoms with Gasteiger partial charge in [0.25, 0.3) is 0 Å². The van der Waals surface area contributed by atoms with Crippen molar-refractivity contribution < 1.29 is 9.47 Å². The Hall–Kier alpha value is -1.22. The van der Waals surface area contributed by atoms with Gasteiger partial charge in [-0.3, -0.25) is 0 Å². The molecule has 1 aliphatic carbocycles. The Labute approximate surface area is 103 Å². The number of hydrogen-bond acceptors (Lipinski definition) is 3. The van der Waals surface area contributed by atoms with Gasteiger partial charge in [-0.2, -0.15) is 0 Å². The van der Waals surface area contributed by atoms with Gasteiger partial charge in [0.15, 0.2) is 0 Å². The van der Waals surface area contributed by atoms with E-state index in [-0.39, 0.29) is 5.41 Å². The molecule has 1 aliphatic rings. The lowest BCUT2D eigenvalue weighted by molar-refractivity contribution is 0.241. The van der Waals surface area contributed by atoms with E-state index in [0.29, 0.717) is 6.54 Å². The van der Waals surface area contributed by atoms with Crippen molar-refractivity contribution in [3.63, 3.8) is 0 Å². The zero-order valence-corrected chi connectivity index (χ0v) is 10.9. The number of ether oxygens (including phenoxy) is 2. The Bertz CT molecular complexity index is 405. The molecule has 0 bridgehead atoms. The van der Waals surface area contributed by atoms with Crippen LogP contribution in [0.2, 0.25) is 0 Å². The van der Waals surface area contributed by atoms with Crippen molar-refractivity contribution in [2.45, 2.75) is 31.6 Å². The molecular formula is C14H21NO2. The van der Waals surface area contributed by atoms with E-state index in [4.69, 9.17) is 15.2 Å². The summed E-state index contributed by atoms with van der Waals surface area (Å²) in [6, 6.07) is 3.94. The molecular weight excluding hydrogens is 214 g/mol. The Morgan fingerprint density at radius 3 is 2.18 bits per heavy atom. The third-order valence-electron chi connectivity index (χ3n) is 4.05. The van der Waals surface area contributed by atoms with E-state index >= 15 is 0 Å². The second kappa shape index (κ2) is 4.57. The molecule has 0 heterocycles. The summed E-state index contributed by atoms with van der Waals surface area (Å²) >= 11 is 0. The number of hydrogen-bond donors (Lipinski definition) is 1. The summed E-state index contributed by atoms with van der Waals surface area (Å²) in [6.07, 6.45) is 3.54. The zero-order valence-electron chi connectivity index (χ0n) is 10.9. The highest BCUT2D eigenvalue weighted by Crippen LogP contribution is 2.49. The fourth-order valence-corrected chi connectivity index (χ4v) is 2.88. The van der Waals surface area contributed by atoms with Crippen LogP contribution in [0.3, 0.4) is 0 Å². The minimum absolute atomic E-state index is 0.101. The molecule has 0 spiro atoms. The molecule has 1 aromatic rings. The van der Waals surface area contributed by atoms with Crippen LogP contribution in [0.1, 0.15) is 30.4 Å². The third kappa shape index (κ3) is 1.78. The maximum Gasteiger partial charge on any atom is 0.123 e. The first-order chi connectivity index (χ1) is 8.18. The van der Waals surface area contributed by atoms with Crippen LogP contribution in [-0.4, -0.2) is 20.8 Å².